The van der Waals surface area contributed by atoms with Gasteiger partial charge in [-0.2, -0.15) is 0 Å². The maximum atomic E-state index is 13.1. The number of rotatable bonds is 3. The molecular weight excluding hydrogens is 379 g/mol. The van der Waals surface area contributed by atoms with Gasteiger partial charge >= 0.3 is 0 Å². The molecule has 1 heterocycles. The number of nitrogens with zero attached hydrogens (tertiary/aromatic N) is 2. The van der Waals surface area contributed by atoms with Crippen LogP contribution >= 0.6 is 0 Å². The summed E-state index contributed by atoms with van der Waals surface area (Å²) in [6.07, 6.45) is 3.38. The van der Waals surface area contributed by atoms with E-state index in [1.807, 2.05) is 32.9 Å². The van der Waals surface area contributed by atoms with Gasteiger partial charge in [0.15, 0.2) is 0 Å². The van der Waals surface area contributed by atoms with Gasteiger partial charge in [-0.05, 0) is 42.0 Å². The number of allylic oxidation sites excluding steroid dienone is 1. The van der Waals surface area contributed by atoms with Gasteiger partial charge in [-0.3, -0.25) is 14.8 Å². The minimum absolute atomic E-state index is 0.226. The number of amides is 1. The number of carbonyl (C=O) groups excluding carboxylic acids is 1. The van der Waals surface area contributed by atoms with Crippen LogP contribution in [0.2, 0.25) is 0 Å². The highest BCUT2D eigenvalue weighted by molar-refractivity contribution is 6.11. The Labute approximate surface area is 175 Å². The highest BCUT2D eigenvalue weighted by Crippen LogP contribution is 2.24. The van der Waals surface area contributed by atoms with Crippen LogP contribution in [0.4, 0.5) is 4.39 Å². The molecule has 1 amide bonds. The molecule has 3 aromatic rings. The number of nitrogens with one attached hydrogen (secondary N) is 1. The Morgan fingerprint density at radius 3 is 2.43 bits per heavy atom. The molecule has 6 heteroatoms. The van der Waals surface area contributed by atoms with E-state index in [9.17, 15) is 9.18 Å². The molecular formula is C24H25FN4O. The summed E-state index contributed by atoms with van der Waals surface area (Å²) in [6, 6.07) is 13.5. The number of hydrogen-bond donors (Lipinski definition) is 2. The van der Waals surface area contributed by atoms with Crippen molar-refractivity contribution in [3.63, 3.8) is 0 Å². The van der Waals surface area contributed by atoms with Gasteiger partial charge in [-0.25, -0.2) is 4.39 Å². The van der Waals surface area contributed by atoms with Crippen molar-refractivity contribution in [3.8, 4) is 11.1 Å². The Morgan fingerprint density at radius 2 is 1.80 bits per heavy atom. The molecule has 30 heavy (non-hydrogen) atoms. The zero-order valence-electron chi connectivity index (χ0n) is 17.5. The van der Waals surface area contributed by atoms with Crippen LogP contribution in [-0.4, -0.2) is 23.8 Å². The van der Waals surface area contributed by atoms with E-state index in [2.05, 4.69) is 15.3 Å². The molecule has 3 rings (SSSR count). The third kappa shape index (κ3) is 4.89. The van der Waals surface area contributed by atoms with E-state index in [4.69, 9.17) is 5.73 Å². The summed E-state index contributed by atoms with van der Waals surface area (Å²) >= 11 is 0. The van der Waals surface area contributed by atoms with Crippen molar-refractivity contribution in [3.05, 3.63) is 77.9 Å². The molecule has 0 aliphatic carbocycles. The predicted octanol–water partition coefficient (Wildman–Crippen LogP) is 4.69. The molecule has 154 valence electrons. The molecule has 0 spiro atoms. The third-order valence-corrected chi connectivity index (χ3v) is 4.76. The average Bonchev–Trinajstić information content (AvgIpc) is 2.72. The highest BCUT2D eigenvalue weighted by atomic mass is 19.1. The Kier molecular flexibility index (Phi) is 5.96. The Hall–Kier alpha value is -3.54. The van der Waals surface area contributed by atoms with Gasteiger partial charge in [-0.15, -0.1) is 0 Å². The molecule has 5 nitrogen and oxygen atoms in total. The SMILES string of the molecule is CN=C(/C=C(\N)C(C)(C)C)NC(=O)c1ccc2cc(-c3ccc(F)cc3)cnc2c1. The summed E-state index contributed by atoms with van der Waals surface area (Å²) in [5.41, 5.74) is 9.39. The summed E-state index contributed by atoms with van der Waals surface area (Å²) in [6.45, 7) is 5.97. The zero-order chi connectivity index (χ0) is 21.9. The number of amidine groups is 1. The first-order valence-electron chi connectivity index (χ1n) is 9.59. The van der Waals surface area contributed by atoms with Gasteiger partial charge in [-0.1, -0.05) is 39.0 Å². The maximum Gasteiger partial charge on any atom is 0.256 e. The lowest BCUT2D eigenvalue weighted by molar-refractivity contribution is 0.0977. The quantitative estimate of drug-likeness (QED) is 0.491. The second-order valence-electron chi connectivity index (χ2n) is 8.05. The number of aromatic nitrogens is 1. The number of benzene rings is 2. The topological polar surface area (TPSA) is 80.4 Å². The lowest BCUT2D eigenvalue weighted by Gasteiger charge is -2.19. The van der Waals surface area contributed by atoms with E-state index in [1.54, 1.807) is 43.6 Å². The summed E-state index contributed by atoms with van der Waals surface area (Å²) in [7, 11) is 1.60. The van der Waals surface area contributed by atoms with Crippen molar-refractivity contribution < 1.29 is 9.18 Å². The van der Waals surface area contributed by atoms with Gasteiger partial charge in [0.2, 0.25) is 0 Å². The molecule has 0 aliphatic rings. The molecule has 0 fully saturated rings. The Balaban J connectivity index is 1.83. The number of hydrogen-bond acceptors (Lipinski definition) is 4. The van der Waals surface area contributed by atoms with Crippen molar-refractivity contribution in [1.82, 2.24) is 10.3 Å². The molecule has 0 saturated carbocycles. The van der Waals surface area contributed by atoms with E-state index >= 15 is 0 Å². The fourth-order valence-electron chi connectivity index (χ4n) is 2.77. The van der Waals surface area contributed by atoms with E-state index in [-0.39, 0.29) is 17.1 Å². The van der Waals surface area contributed by atoms with Crippen LogP contribution in [0.3, 0.4) is 0 Å². The molecule has 1 aromatic heterocycles. The summed E-state index contributed by atoms with van der Waals surface area (Å²) in [5, 5.41) is 3.67. The van der Waals surface area contributed by atoms with Crippen molar-refractivity contribution >= 4 is 22.6 Å². The lowest BCUT2D eigenvalue weighted by atomic mass is 9.92. The van der Waals surface area contributed by atoms with Crippen molar-refractivity contribution in [1.29, 1.82) is 0 Å². The number of fused-ring (bicyclic) bond motifs is 1. The van der Waals surface area contributed by atoms with Gasteiger partial charge in [0.1, 0.15) is 11.7 Å². The molecule has 0 atom stereocenters. The number of halogens is 1. The standard InChI is InChI=1S/C24H25FN4O/c1-24(2,3)21(26)13-22(27-4)29-23(30)17-6-5-16-11-18(14-28-20(16)12-17)15-7-9-19(25)10-8-15/h5-14H,26H2,1-4H3,(H,27,29,30)/b21-13-. The first-order valence-corrected chi connectivity index (χ1v) is 9.59. The van der Waals surface area contributed by atoms with E-state index in [1.165, 1.54) is 12.1 Å². The van der Waals surface area contributed by atoms with Crippen LogP contribution in [-0.2, 0) is 0 Å². The molecule has 0 aliphatic heterocycles. The van der Waals surface area contributed by atoms with Crippen molar-refractivity contribution in [2.75, 3.05) is 7.05 Å². The van der Waals surface area contributed by atoms with Crippen LogP contribution in [0.1, 0.15) is 31.1 Å². The van der Waals surface area contributed by atoms with Crippen LogP contribution in [0.5, 0.6) is 0 Å². The normalized spacial score (nSPS) is 12.8. The second-order valence-corrected chi connectivity index (χ2v) is 8.05. The monoisotopic (exact) mass is 404 g/mol. The number of aliphatic imine (C=N–C) groups is 1. The van der Waals surface area contributed by atoms with E-state index in [0.717, 1.165) is 16.5 Å². The highest BCUT2D eigenvalue weighted by Gasteiger charge is 2.16. The van der Waals surface area contributed by atoms with E-state index < -0.39 is 0 Å². The van der Waals surface area contributed by atoms with Gasteiger partial charge < -0.3 is 11.1 Å². The first kappa shape index (κ1) is 21.2. The fraction of sp³-hybridized carbons (Fsp3) is 0.208. The van der Waals surface area contributed by atoms with E-state index in [0.29, 0.717) is 22.6 Å². The fourth-order valence-corrected chi connectivity index (χ4v) is 2.77. The van der Waals surface area contributed by atoms with Crippen molar-refractivity contribution in [2.45, 2.75) is 20.8 Å². The minimum Gasteiger partial charge on any atom is -0.401 e. The average molecular weight is 404 g/mol. The third-order valence-electron chi connectivity index (χ3n) is 4.76. The zero-order valence-corrected chi connectivity index (χ0v) is 17.5. The molecule has 0 saturated heterocycles. The maximum absolute atomic E-state index is 13.1. The first-order chi connectivity index (χ1) is 14.2. The summed E-state index contributed by atoms with van der Waals surface area (Å²) in [4.78, 5) is 21.3. The molecule has 3 N–H and O–H groups in total. The van der Waals surface area contributed by atoms with Crippen LogP contribution in [0.25, 0.3) is 22.0 Å². The summed E-state index contributed by atoms with van der Waals surface area (Å²) in [5.74, 6) is -0.177. The Bertz CT molecular complexity index is 1140. The van der Waals surface area contributed by atoms with Crippen LogP contribution in [0.15, 0.2) is 71.5 Å². The molecule has 0 radical (unpaired) electrons. The van der Waals surface area contributed by atoms with Gasteiger partial charge in [0, 0.05) is 40.9 Å². The van der Waals surface area contributed by atoms with Crippen LogP contribution < -0.4 is 11.1 Å². The van der Waals surface area contributed by atoms with Gasteiger partial charge in [0.25, 0.3) is 5.91 Å². The Morgan fingerprint density at radius 1 is 1.10 bits per heavy atom. The lowest BCUT2D eigenvalue weighted by Crippen LogP contribution is -2.31. The largest absolute Gasteiger partial charge is 0.401 e. The second kappa shape index (κ2) is 8.45. The molecule has 0 unspecified atom stereocenters. The van der Waals surface area contributed by atoms with Gasteiger partial charge in [0.05, 0.1) is 5.52 Å². The van der Waals surface area contributed by atoms with Crippen molar-refractivity contribution in [2.24, 2.45) is 16.1 Å². The minimum atomic E-state index is -0.292. The number of carbonyl (C=O) groups is 1. The number of nitrogens with two attached hydrogens (primary N) is 1. The van der Waals surface area contributed by atoms with Crippen LogP contribution in [0, 0.1) is 11.2 Å². The molecule has 0 bridgehead atoms. The molecule has 2 aromatic carbocycles. The smallest absolute Gasteiger partial charge is 0.256 e. The summed E-state index contributed by atoms with van der Waals surface area (Å²) < 4.78 is 13.1. The number of pyridine rings is 1. The predicted molar refractivity (Wildman–Crippen MR) is 120 cm³/mol.